The fourth-order valence-corrected chi connectivity index (χ4v) is 2.40. The van der Waals surface area contributed by atoms with Gasteiger partial charge in [-0.25, -0.2) is 4.68 Å². The Morgan fingerprint density at radius 1 is 0.950 bits per heavy atom. The van der Waals surface area contributed by atoms with E-state index in [1.165, 1.54) is 16.7 Å². The minimum absolute atomic E-state index is 0.749. The third-order valence-electron chi connectivity index (χ3n) is 3.24. The first kappa shape index (κ1) is 12.6. The Hall–Kier alpha value is -2.42. The van der Waals surface area contributed by atoms with Crippen molar-refractivity contribution >= 4 is 0 Å². The van der Waals surface area contributed by atoms with Crippen molar-refractivity contribution in [1.29, 1.82) is 0 Å². The largest absolute Gasteiger partial charge is 0.247 e. The lowest BCUT2D eigenvalue weighted by molar-refractivity contribution is 0.650. The fourth-order valence-electron chi connectivity index (χ4n) is 2.40. The molecule has 0 N–H and O–H groups in total. The molecule has 0 bridgehead atoms. The third-order valence-corrected chi connectivity index (χ3v) is 3.24. The van der Waals surface area contributed by atoms with Crippen molar-refractivity contribution in [3.63, 3.8) is 0 Å². The summed E-state index contributed by atoms with van der Waals surface area (Å²) in [5.74, 6) is 0. The normalized spacial score (nSPS) is 10.7. The Balaban J connectivity index is 1.86. The molecule has 3 heteroatoms. The molecule has 0 saturated heterocycles. The number of hydrogen-bond acceptors (Lipinski definition) is 2. The van der Waals surface area contributed by atoms with Crippen LogP contribution in [-0.2, 0) is 6.54 Å². The highest BCUT2D eigenvalue weighted by atomic mass is 15.4. The van der Waals surface area contributed by atoms with Crippen LogP contribution in [0.15, 0.2) is 54.7 Å². The van der Waals surface area contributed by atoms with Gasteiger partial charge in [-0.3, -0.25) is 0 Å². The molecule has 0 aliphatic carbocycles. The van der Waals surface area contributed by atoms with Crippen LogP contribution in [0.5, 0.6) is 0 Å². The van der Waals surface area contributed by atoms with Gasteiger partial charge in [-0.05, 0) is 31.5 Å². The van der Waals surface area contributed by atoms with Gasteiger partial charge < -0.3 is 0 Å². The molecule has 2 aromatic carbocycles. The number of hydrogen-bond donors (Lipinski definition) is 0. The van der Waals surface area contributed by atoms with Crippen LogP contribution in [0.2, 0.25) is 0 Å². The Bertz CT molecular complexity index is 694. The maximum atomic E-state index is 4.28. The van der Waals surface area contributed by atoms with Crippen LogP contribution in [0.3, 0.4) is 0 Å². The van der Waals surface area contributed by atoms with Gasteiger partial charge in [-0.2, -0.15) is 0 Å². The third kappa shape index (κ3) is 2.77. The molecule has 0 saturated carbocycles. The van der Waals surface area contributed by atoms with Crippen LogP contribution in [-0.4, -0.2) is 15.0 Å². The monoisotopic (exact) mass is 263 g/mol. The average Bonchev–Trinajstić information content (AvgIpc) is 2.87. The summed E-state index contributed by atoms with van der Waals surface area (Å²) in [5.41, 5.74) is 5.77. The zero-order valence-corrected chi connectivity index (χ0v) is 11.7. The maximum Gasteiger partial charge on any atom is 0.113 e. The van der Waals surface area contributed by atoms with E-state index in [4.69, 9.17) is 0 Å². The highest BCUT2D eigenvalue weighted by Crippen LogP contribution is 2.19. The van der Waals surface area contributed by atoms with Crippen LogP contribution < -0.4 is 0 Å². The Morgan fingerprint density at radius 3 is 2.35 bits per heavy atom. The van der Waals surface area contributed by atoms with Crippen LogP contribution in [0.25, 0.3) is 11.3 Å². The van der Waals surface area contributed by atoms with E-state index in [0.29, 0.717) is 0 Å². The van der Waals surface area contributed by atoms with Gasteiger partial charge in [0.25, 0.3) is 0 Å². The molecule has 20 heavy (non-hydrogen) atoms. The molecule has 3 rings (SSSR count). The van der Waals surface area contributed by atoms with Crippen molar-refractivity contribution in [2.45, 2.75) is 20.4 Å². The predicted molar refractivity (Wildman–Crippen MR) is 80.5 cm³/mol. The topological polar surface area (TPSA) is 30.7 Å². The van der Waals surface area contributed by atoms with E-state index < -0.39 is 0 Å². The molecule has 1 aromatic heterocycles. The second-order valence-corrected chi connectivity index (χ2v) is 5.16. The molecule has 100 valence electrons. The summed E-state index contributed by atoms with van der Waals surface area (Å²) < 4.78 is 1.88. The highest BCUT2D eigenvalue weighted by molar-refractivity contribution is 5.60. The van der Waals surface area contributed by atoms with E-state index in [9.17, 15) is 0 Å². The number of benzene rings is 2. The van der Waals surface area contributed by atoms with Crippen LogP contribution in [0.1, 0.15) is 16.7 Å². The second kappa shape index (κ2) is 5.29. The molecule has 0 fully saturated rings. The van der Waals surface area contributed by atoms with Crippen LogP contribution >= 0.6 is 0 Å². The lowest BCUT2D eigenvalue weighted by atomic mass is 10.1. The fraction of sp³-hybridized carbons (Fsp3) is 0.176. The number of aryl methyl sites for hydroxylation is 2. The lowest BCUT2D eigenvalue weighted by Gasteiger charge is -2.01. The Kier molecular flexibility index (Phi) is 3.33. The molecule has 0 radical (unpaired) electrons. The van der Waals surface area contributed by atoms with Gasteiger partial charge in [-0.1, -0.05) is 52.7 Å². The summed E-state index contributed by atoms with van der Waals surface area (Å²) >= 11 is 0. The van der Waals surface area contributed by atoms with Gasteiger partial charge in [-0.15, -0.1) is 5.10 Å². The van der Waals surface area contributed by atoms with Gasteiger partial charge in [0.05, 0.1) is 12.7 Å². The van der Waals surface area contributed by atoms with Crippen molar-refractivity contribution in [2.75, 3.05) is 0 Å². The summed E-state index contributed by atoms with van der Waals surface area (Å²) in [6, 6.07) is 16.7. The molecule has 3 nitrogen and oxygen atoms in total. The van der Waals surface area contributed by atoms with E-state index in [-0.39, 0.29) is 0 Å². The number of nitrogens with zero attached hydrogens (tertiary/aromatic N) is 3. The SMILES string of the molecule is Cc1cc(C)cc(-c2cn(Cc3ccccc3)nn2)c1. The second-order valence-electron chi connectivity index (χ2n) is 5.16. The molecule has 3 aromatic rings. The van der Waals surface area contributed by atoms with Crippen molar-refractivity contribution in [3.05, 3.63) is 71.4 Å². The molecule has 0 atom stereocenters. The van der Waals surface area contributed by atoms with E-state index in [2.05, 4.69) is 54.5 Å². The first-order chi connectivity index (χ1) is 9.70. The van der Waals surface area contributed by atoms with Crippen LogP contribution in [0.4, 0.5) is 0 Å². The van der Waals surface area contributed by atoms with E-state index in [0.717, 1.165) is 17.8 Å². The highest BCUT2D eigenvalue weighted by Gasteiger charge is 2.05. The number of rotatable bonds is 3. The molecule has 0 amide bonds. The summed E-state index contributed by atoms with van der Waals surface area (Å²) in [5, 5.41) is 8.49. The smallest absolute Gasteiger partial charge is 0.113 e. The standard InChI is InChI=1S/C17H17N3/c1-13-8-14(2)10-16(9-13)17-12-20(19-18-17)11-15-6-4-3-5-7-15/h3-10,12H,11H2,1-2H3. The summed E-state index contributed by atoms with van der Waals surface area (Å²) in [4.78, 5) is 0. The molecule has 0 unspecified atom stereocenters. The van der Waals surface area contributed by atoms with Gasteiger partial charge in [0, 0.05) is 5.56 Å². The minimum atomic E-state index is 0.749. The van der Waals surface area contributed by atoms with Gasteiger partial charge in [0.15, 0.2) is 0 Å². The van der Waals surface area contributed by atoms with E-state index >= 15 is 0 Å². The van der Waals surface area contributed by atoms with Crippen LogP contribution in [0, 0.1) is 13.8 Å². The molecule has 1 heterocycles. The molecular formula is C17H17N3. The van der Waals surface area contributed by atoms with E-state index in [1.807, 2.05) is 29.1 Å². The molecule has 0 aliphatic rings. The van der Waals surface area contributed by atoms with Crippen molar-refractivity contribution < 1.29 is 0 Å². The van der Waals surface area contributed by atoms with Crippen molar-refractivity contribution in [3.8, 4) is 11.3 Å². The average molecular weight is 263 g/mol. The molecule has 0 spiro atoms. The van der Waals surface area contributed by atoms with Crippen molar-refractivity contribution in [2.24, 2.45) is 0 Å². The Labute approximate surface area is 118 Å². The first-order valence-corrected chi connectivity index (χ1v) is 6.73. The van der Waals surface area contributed by atoms with Gasteiger partial charge >= 0.3 is 0 Å². The van der Waals surface area contributed by atoms with Gasteiger partial charge in [0.2, 0.25) is 0 Å². The molecular weight excluding hydrogens is 246 g/mol. The number of aromatic nitrogens is 3. The first-order valence-electron chi connectivity index (χ1n) is 6.73. The zero-order valence-electron chi connectivity index (χ0n) is 11.7. The summed E-state index contributed by atoms with van der Waals surface area (Å²) in [7, 11) is 0. The summed E-state index contributed by atoms with van der Waals surface area (Å²) in [6.45, 7) is 4.95. The Morgan fingerprint density at radius 2 is 1.65 bits per heavy atom. The van der Waals surface area contributed by atoms with Gasteiger partial charge in [0.1, 0.15) is 5.69 Å². The minimum Gasteiger partial charge on any atom is -0.247 e. The quantitative estimate of drug-likeness (QED) is 0.722. The predicted octanol–water partition coefficient (Wildman–Crippen LogP) is 3.61. The van der Waals surface area contributed by atoms with E-state index in [1.54, 1.807) is 0 Å². The summed E-state index contributed by atoms with van der Waals surface area (Å²) in [6.07, 6.45) is 2.00. The maximum absolute atomic E-state index is 4.28. The zero-order chi connectivity index (χ0) is 13.9. The molecule has 0 aliphatic heterocycles. The van der Waals surface area contributed by atoms with Crippen molar-refractivity contribution in [1.82, 2.24) is 15.0 Å². The lowest BCUT2D eigenvalue weighted by Crippen LogP contribution is -1.99.